The van der Waals surface area contributed by atoms with Crippen LogP contribution >= 0.6 is 0 Å². The second kappa shape index (κ2) is 6.42. The van der Waals surface area contributed by atoms with Crippen LogP contribution in [0.5, 0.6) is 0 Å². The van der Waals surface area contributed by atoms with Gasteiger partial charge in [-0.15, -0.1) is 0 Å². The van der Waals surface area contributed by atoms with E-state index in [2.05, 4.69) is 10.5 Å². The number of ether oxygens (including phenoxy) is 2. The summed E-state index contributed by atoms with van der Waals surface area (Å²) in [6, 6.07) is 0. The number of hydroxylamine groups is 2. The summed E-state index contributed by atoms with van der Waals surface area (Å²) < 4.78 is 10.5. The van der Waals surface area contributed by atoms with E-state index in [9.17, 15) is 19.6 Å². The number of hydrazone groups is 1. The molecule has 2 aliphatic rings. The molecule has 2 N–H and O–H groups in total. The molecule has 3 amide bonds. The number of amides is 3. The van der Waals surface area contributed by atoms with E-state index in [0.717, 1.165) is 0 Å². The highest BCUT2D eigenvalue weighted by atomic mass is 16.6. The molecule has 0 aromatic carbocycles. The van der Waals surface area contributed by atoms with Gasteiger partial charge in [0, 0.05) is 13.0 Å². The molecule has 0 aromatic rings. The molecule has 1 unspecified atom stereocenters. The highest BCUT2D eigenvalue weighted by molar-refractivity contribution is 6.19. The van der Waals surface area contributed by atoms with Crippen LogP contribution in [-0.2, 0) is 14.3 Å². The van der Waals surface area contributed by atoms with E-state index in [1.165, 1.54) is 4.90 Å². The summed E-state index contributed by atoms with van der Waals surface area (Å²) in [6.07, 6.45) is -1.66. The van der Waals surface area contributed by atoms with Gasteiger partial charge in [-0.3, -0.25) is 10.0 Å². The summed E-state index contributed by atoms with van der Waals surface area (Å²) in [7, 11) is 0. The maximum atomic E-state index is 12.4. The SMILES string of the molecule is CC(C)(C)OC(=O)N1CCC2(N(O)C(=O)OC(C)(C)C)C(=O)NN=C2C1. The number of likely N-dealkylation sites (tertiary alicyclic amines) is 1. The molecule has 0 spiro atoms. The standard InChI is InChI=1S/C16H26N4O6/c1-14(2,3)25-12(22)19-8-7-16(10(9-19)17-18-11(16)21)20(24)13(23)26-15(4,5)6/h24H,7-9H2,1-6H3,(H,18,21). The zero-order valence-corrected chi connectivity index (χ0v) is 16.0. The number of carbonyl (C=O) groups excluding carboxylic acids is 3. The van der Waals surface area contributed by atoms with E-state index in [-0.39, 0.29) is 30.3 Å². The highest BCUT2D eigenvalue weighted by Crippen LogP contribution is 2.31. The lowest BCUT2D eigenvalue weighted by Crippen LogP contribution is -2.66. The van der Waals surface area contributed by atoms with Gasteiger partial charge in [-0.1, -0.05) is 0 Å². The molecule has 2 aliphatic heterocycles. The lowest BCUT2D eigenvalue weighted by atomic mass is 9.85. The fourth-order valence-electron chi connectivity index (χ4n) is 2.68. The monoisotopic (exact) mass is 370 g/mol. The van der Waals surface area contributed by atoms with Crippen molar-refractivity contribution < 1.29 is 29.1 Å². The Hall–Kier alpha value is -2.36. The predicted molar refractivity (Wildman–Crippen MR) is 90.6 cm³/mol. The van der Waals surface area contributed by atoms with Gasteiger partial charge in [-0.05, 0) is 41.5 Å². The number of hydrogen-bond donors (Lipinski definition) is 2. The Bertz CT molecular complexity index is 648. The highest BCUT2D eigenvalue weighted by Gasteiger charge is 2.58. The Morgan fingerprint density at radius 1 is 1.19 bits per heavy atom. The van der Waals surface area contributed by atoms with Crippen molar-refractivity contribution in [3.8, 4) is 0 Å². The zero-order chi connectivity index (χ0) is 19.9. The van der Waals surface area contributed by atoms with Crippen LogP contribution in [-0.4, -0.2) is 68.8 Å². The summed E-state index contributed by atoms with van der Waals surface area (Å²) in [5.41, 5.74) is -0.797. The van der Waals surface area contributed by atoms with Crippen molar-refractivity contribution in [1.29, 1.82) is 0 Å². The lowest BCUT2D eigenvalue weighted by molar-refractivity contribution is -0.162. The van der Waals surface area contributed by atoms with Gasteiger partial charge in [0.05, 0.1) is 12.3 Å². The Morgan fingerprint density at radius 3 is 2.31 bits per heavy atom. The van der Waals surface area contributed by atoms with Gasteiger partial charge in [0.1, 0.15) is 11.2 Å². The third kappa shape index (κ3) is 3.90. The van der Waals surface area contributed by atoms with Crippen LogP contribution in [0.2, 0.25) is 0 Å². The van der Waals surface area contributed by atoms with Crippen molar-refractivity contribution in [3.63, 3.8) is 0 Å². The fraction of sp³-hybridized carbons (Fsp3) is 0.750. The lowest BCUT2D eigenvalue weighted by Gasteiger charge is -2.41. The van der Waals surface area contributed by atoms with Crippen LogP contribution in [0.15, 0.2) is 5.10 Å². The van der Waals surface area contributed by atoms with E-state index in [1.54, 1.807) is 41.5 Å². The molecule has 0 bridgehead atoms. The maximum absolute atomic E-state index is 12.4. The smallest absolute Gasteiger partial charge is 0.435 e. The molecule has 1 fully saturated rings. The van der Waals surface area contributed by atoms with Crippen molar-refractivity contribution in [3.05, 3.63) is 0 Å². The van der Waals surface area contributed by atoms with Crippen LogP contribution < -0.4 is 5.43 Å². The second-order valence-corrected chi connectivity index (χ2v) is 8.30. The molecule has 26 heavy (non-hydrogen) atoms. The van der Waals surface area contributed by atoms with E-state index in [0.29, 0.717) is 0 Å². The largest absolute Gasteiger partial charge is 0.444 e. The van der Waals surface area contributed by atoms with Crippen LogP contribution in [0, 0.1) is 0 Å². The number of piperidine rings is 1. The minimum atomic E-state index is -1.69. The molecule has 10 nitrogen and oxygen atoms in total. The minimum absolute atomic E-state index is 0.0351. The van der Waals surface area contributed by atoms with E-state index >= 15 is 0 Å². The molecule has 1 atom stereocenters. The van der Waals surface area contributed by atoms with E-state index in [4.69, 9.17) is 9.47 Å². The number of nitrogens with one attached hydrogen (secondary N) is 1. The quantitative estimate of drug-likeness (QED) is 0.533. The molecule has 1 saturated heterocycles. The average Bonchev–Trinajstić information content (AvgIpc) is 2.80. The van der Waals surface area contributed by atoms with Gasteiger partial charge in [0.25, 0.3) is 5.91 Å². The molecule has 0 aromatic heterocycles. The minimum Gasteiger partial charge on any atom is -0.444 e. The molecular formula is C16H26N4O6. The molecule has 0 aliphatic carbocycles. The van der Waals surface area contributed by atoms with Gasteiger partial charge in [-0.25, -0.2) is 15.0 Å². The molecule has 2 heterocycles. The first-order valence-corrected chi connectivity index (χ1v) is 8.34. The summed E-state index contributed by atoms with van der Waals surface area (Å²) in [6.45, 7) is 10.2. The first kappa shape index (κ1) is 20.0. The van der Waals surface area contributed by atoms with Gasteiger partial charge < -0.3 is 14.4 Å². The van der Waals surface area contributed by atoms with E-state index < -0.39 is 34.8 Å². The summed E-state index contributed by atoms with van der Waals surface area (Å²) in [4.78, 5) is 38.3. The Balaban J connectivity index is 2.20. The topological polar surface area (TPSA) is 121 Å². The normalized spacial score (nSPS) is 23.0. The van der Waals surface area contributed by atoms with Gasteiger partial charge in [0.2, 0.25) is 0 Å². The summed E-state index contributed by atoms with van der Waals surface area (Å²) in [5, 5.41) is 14.6. The van der Waals surface area contributed by atoms with E-state index in [1.807, 2.05) is 0 Å². The van der Waals surface area contributed by atoms with Crippen molar-refractivity contribution >= 4 is 23.8 Å². The Morgan fingerprint density at radius 2 is 1.77 bits per heavy atom. The average molecular weight is 370 g/mol. The second-order valence-electron chi connectivity index (χ2n) is 8.30. The predicted octanol–water partition coefficient (Wildman–Crippen LogP) is 1.48. The summed E-state index contributed by atoms with van der Waals surface area (Å²) in [5.74, 6) is -0.648. The van der Waals surface area contributed by atoms with Crippen molar-refractivity contribution in [1.82, 2.24) is 15.4 Å². The molecule has 0 radical (unpaired) electrons. The molecule has 2 rings (SSSR count). The maximum Gasteiger partial charge on any atom is 0.435 e. The molecular weight excluding hydrogens is 344 g/mol. The third-order valence-corrected chi connectivity index (χ3v) is 3.81. The number of fused-ring (bicyclic) bond motifs is 1. The number of nitrogens with zero attached hydrogens (tertiary/aromatic N) is 3. The molecule has 146 valence electrons. The van der Waals surface area contributed by atoms with Crippen molar-refractivity contribution in [2.24, 2.45) is 5.10 Å². The van der Waals surface area contributed by atoms with Gasteiger partial charge in [0.15, 0.2) is 5.54 Å². The zero-order valence-electron chi connectivity index (χ0n) is 16.0. The van der Waals surface area contributed by atoms with Crippen LogP contribution in [0.25, 0.3) is 0 Å². The Labute approximate surface area is 152 Å². The van der Waals surface area contributed by atoms with Gasteiger partial charge >= 0.3 is 12.2 Å². The number of rotatable bonds is 1. The summed E-state index contributed by atoms with van der Waals surface area (Å²) >= 11 is 0. The first-order valence-electron chi connectivity index (χ1n) is 8.34. The van der Waals surface area contributed by atoms with Crippen LogP contribution in [0.3, 0.4) is 0 Å². The third-order valence-electron chi connectivity index (χ3n) is 3.81. The first-order chi connectivity index (χ1) is 11.8. The Kier molecular flexibility index (Phi) is 4.93. The van der Waals surface area contributed by atoms with Gasteiger partial charge in [-0.2, -0.15) is 10.2 Å². The number of hydrogen-bond acceptors (Lipinski definition) is 7. The van der Waals surface area contributed by atoms with Crippen molar-refractivity contribution in [2.75, 3.05) is 13.1 Å². The van der Waals surface area contributed by atoms with Crippen LogP contribution in [0.1, 0.15) is 48.0 Å². The fourth-order valence-corrected chi connectivity index (χ4v) is 2.68. The van der Waals surface area contributed by atoms with Crippen LogP contribution in [0.4, 0.5) is 9.59 Å². The number of carbonyl (C=O) groups is 3. The van der Waals surface area contributed by atoms with Crippen molar-refractivity contribution in [2.45, 2.75) is 64.7 Å². The molecule has 0 saturated carbocycles. The molecule has 10 heteroatoms.